The zero-order valence-electron chi connectivity index (χ0n) is 16.1. The number of hydrogen-bond acceptors (Lipinski definition) is 9. The van der Waals surface area contributed by atoms with Crippen molar-refractivity contribution >= 4 is 58.0 Å². The van der Waals surface area contributed by atoms with E-state index in [1.807, 2.05) is 0 Å². The number of unbranched alkanes of at least 4 members (excludes halogenated alkanes) is 2. The van der Waals surface area contributed by atoms with Gasteiger partial charge in [-0.2, -0.15) is 0 Å². The maximum Gasteiger partial charge on any atom is 0.303 e. The predicted octanol–water partition coefficient (Wildman–Crippen LogP) is 0.485. The number of aliphatic carboxylic acids is 1. The summed E-state index contributed by atoms with van der Waals surface area (Å²) in [6, 6.07) is 0. The minimum Gasteiger partial charge on any atom is -0.481 e. The molecule has 0 saturated carbocycles. The van der Waals surface area contributed by atoms with Gasteiger partial charge in [-0.1, -0.05) is 11.6 Å². The number of ether oxygens (including phenoxy) is 2. The second-order valence-corrected chi connectivity index (χ2v) is 5.09. The van der Waals surface area contributed by atoms with Gasteiger partial charge in [0.2, 0.25) is 27.4 Å². The molecule has 0 bridgehead atoms. The van der Waals surface area contributed by atoms with Crippen molar-refractivity contribution in [3.63, 3.8) is 0 Å². The van der Waals surface area contributed by atoms with Crippen molar-refractivity contribution in [3.8, 4) is 0 Å². The molecule has 0 rings (SSSR count). The summed E-state index contributed by atoms with van der Waals surface area (Å²) in [4.78, 5) is 38.7. The van der Waals surface area contributed by atoms with Crippen molar-refractivity contribution in [1.82, 2.24) is 0 Å². The SMILES string of the molecule is OCCCCO.[B]C(=O)Cl.[B]C(=O)OCCCC(=O)O.[B]C(=O)OCCCCO. The summed E-state index contributed by atoms with van der Waals surface area (Å²) in [6.45, 7) is 0.890. The zero-order valence-corrected chi connectivity index (χ0v) is 16.9. The standard InChI is InChI=1S/C5H7BO4.C5H9BO3.C4H10O2.CBClO/c6-5(9)10-3-1-2-4(7)8;6-5(8)9-4-2-1-3-7;5-3-1-2-4-6;2-1(3)4/h1-3H2,(H,7,8);7H,1-4H2;5-6H,1-4H2;. The molecule has 14 heteroatoms. The molecule has 0 aromatic heterocycles. The molecule has 0 amide bonds. The van der Waals surface area contributed by atoms with Crippen molar-refractivity contribution in [2.24, 2.45) is 0 Å². The highest BCUT2D eigenvalue weighted by atomic mass is 35.5. The molecule has 0 atom stereocenters. The van der Waals surface area contributed by atoms with Crippen LogP contribution >= 0.6 is 11.6 Å². The molecule has 0 aliphatic carbocycles. The van der Waals surface area contributed by atoms with Crippen LogP contribution in [-0.2, 0) is 14.3 Å². The Kier molecular flexibility index (Phi) is 37.5. The summed E-state index contributed by atoms with van der Waals surface area (Å²) in [5.74, 6) is -2.54. The van der Waals surface area contributed by atoms with Crippen LogP contribution in [0.25, 0.3) is 0 Å². The lowest BCUT2D eigenvalue weighted by Gasteiger charge is -1.98. The van der Waals surface area contributed by atoms with Crippen molar-refractivity contribution in [2.75, 3.05) is 33.0 Å². The van der Waals surface area contributed by atoms with Crippen LogP contribution in [0.4, 0.5) is 14.4 Å². The zero-order chi connectivity index (χ0) is 23.5. The maximum absolute atomic E-state index is 9.90. The van der Waals surface area contributed by atoms with Gasteiger partial charge in [0.05, 0.1) is 13.2 Å². The van der Waals surface area contributed by atoms with Gasteiger partial charge in [-0.25, -0.2) is 0 Å². The third kappa shape index (κ3) is 75.7. The van der Waals surface area contributed by atoms with Gasteiger partial charge in [-0.05, 0) is 32.1 Å². The van der Waals surface area contributed by atoms with E-state index >= 15 is 0 Å². The molecule has 29 heavy (non-hydrogen) atoms. The number of carboxylic acid groups (broad SMARTS) is 1. The van der Waals surface area contributed by atoms with Gasteiger partial charge in [0.1, 0.15) is 0 Å². The molecule has 0 aliphatic rings. The van der Waals surface area contributed by atoms with Crippen LogP contribution in [0.1, 0.15) is 38.5 Å². The van der Waals surface area contributed by atoms with Gasteiger partial charge in [0.15, 0.2) is 13.0 Å². The van der Waals surface area contributed by atoms with E-state index in [4.69, 9.17) is 25.2 Å². The first-order chi connectivity index (χ1) is 13.5. The summed E-state index contributed by atoms with van der Waals surface area (Å²) < 4.78 is 8.64. The monoisotopic (exact) mass is 434 g/mol. The summed E-state index contributed by atoms with van der Waals surface area (Å²) in [6.07, 6.45) is 3.05. The Bertz CT molecular complexity index is 390. The Hall–Kier alpha value is -1.56. The number of aliphatic hydroxyl groups excluding tert-OH is 3. The third-order valence-electron chi connectivity index (χ3n) is 2.14. The van der Waals surface area contributed by atoms with E-state index in [0.717, 1.165) is 12.8 Å². The minimum absolute atomic E-state index is 0.00667. The fraction of sp³-hybridized carbons (Fsp3) is 0.733. The second kappa shape index (κ2) is 31.1. The van der Waals surface area contributed by atoms with Gasteiger partial charge < -0.3 is 29.9 Å². The number of halogens is 1. The molecule has 4 N–H and O–H groups in total. The highest BCUT2D eigenvalue weighted by molar-refractivity contribution is 6.91. The largest absolute Gasteiger partial charge is 0.481 e. The van der Waals surface area contributed by atoms with Crippen LogP contribution in [0.3, 0.4) is 0 Å². The summed E-state index contributed by atoms with van der Waals surface area (Å²) in [5, 5.41) is 31.7. The van der Waals surface area contributed by atoms with Crippen LogP contribution < -0.4 is 0 Å². The lowest BCUT2D eigenvalue weighted by molar-refractivity contribution is -0.137. The first kappa shape index (κ1) is 34.9. The summed E-state index contributed by atoms with van der Waals surface area (Å²) >= 11 is 4.41. The molecule has 10 nitrogen and oxygen atoms in total. The summed E-state index contributed by atoms with van der Waals surface area (Å²) in [5.41, 5.74) is 0. The lowest BCUT2D eigenvalue weighted by Crippen LogP contribution is -2.04. The average Bonchev–Trinajstić information content (AvgIpc) is 2.61. The quantitative estimate of drug-likeness (QED) is 0.204. The molecule has 0 fully saturated rings. The molecule has 162 valence electrons. The average molecular weight is 434 g/mol. The first-order valence-electron chi connectivity index (χ1n) is 8.38. The molecular formula is C15H26B3ClO10. The Morgan fingerprint density at radius 2 is 1.00 bits per heavy atom. The van der Waals surface area contributed by atoms with E-state index in [2.05, 4.69) is 44.6 Å². The fourth-order valence-electron chi connectivity index (χ4n) is 1.01. The van der Waals surface area contributed by atoms with Gasteiger partial charge in [0, 0.05) is 26.2 Å². The van der Waals surface area contributed by atoms with Crippen LogP contribution in [0.2, 0.25) is 0 Å². The van der Waals surface area contributed by atoms with E-state index in [1.54, 1.807) is 0 Å². The lowest BCUT2D eigenvalue weighted by atomic mass is 10.2. The van der Waals surface area contributed by atoms with E-state index in [1.165, 1.54) is 0 Å². The summed E-state index contributed by atoms with van der Waals surface area (Å²) in [7, 11) is 13.5. The minimum atomic E-state index is -0.909. The highest BCUT2D eigenvalue weighted by Crippen LogP contribution is 1.89. The van der Waals surface area contributed by atoms with E-state index < -0.39 is 22.8 Å². The number of carbonyl (C=O) groups excluding carboxylic acids is 3. The molecule has 6 radical (unpaired) electrons. The van der Waals surface area contributed by atoms with Gasteiger partial charge in [-0.3, -0.25) is 19.2 Å². The highest BCUT2D eigenvalue weighted by Gasteiger charge is 1.97. The number of aliphatic hydroxyl groups is 3. The number of rotatable bonds is 11. The van der Waals surface area contributed by atoms with Crippen LogP contribution in [0, 0.1) is 0 Å². The smallest absolute Gasteiger partial charge is 0.303 e. The Morgan fingerprint density at radius 3 is 1.28 bits per heavy atom. The van der Waals surface area contributed by atoms with E-state index in [0.29, 0.717) is 25.9 Å². The molecule has 0 heterocycles. The first-order valence-corrected chi connectivity index (χ1v) is 8.76. The molecule has 0 aromatic rings. The Balaban J connectivity index is -0.000000151. The number of carboxylic acids is 1. The van der Waals surface area contributed by atoms with Gasteiger partial charge >= 0.3 is 5.97 Å². The fourth-order valence-corrected chi connectivity index (χ4v) is 1.01. The Morgan fingerprint density at radius 1 is 0.690 bits per heavy atom. The number of carbonyl (C=O) groups is 4. The molecule has 0 saturated heterocycles. The van der Waals surface area contributed by atoms with E-state index in [-0.39, 0.29) is 32.8 Å². The molecule has 0 aliphatic heterocycles. The normalized spacial score (nSPS) is 8.55. The van der Waals surface area contributed by atoms with Crippen molar-refractivity contribution in [3.05, 3.63) is 0 Å². The maximum atomic E-state index is 9.90. The van der Waals surface area contributed by atoms with Crippen LogP contribution in [-0.4, -0.2) is 99.8 Å². The van der Waals surface area contributed by atoms with Gasteiger partial charge in [-0.15, -0.1) is 0 Å². The Labute approximate surface area is 179 Å². The van der Waals surface area contributed by atoms with Crippen LogP contribution in [0.15, 0.2) is 0 Å². The second-order valence-electron chi connectivity index (χ2n) is 4.72. The molecule has 0 spiro atoms. The molecular weight excluding hydrogens is 408 g/mol. The van der Waals surface area contributed by atoms with Crippen LogP contribution in [0.5, 0.6) is 0 Å². The predicted molar refractivity (Wildman–Crippen MR) is 108 cm³/mol. The molecule has 0 aromatic carbocycles. The van der Waals surface area contributed by atoms with Gasteiger partial charge in [0.25, 0.3) is 0 Å². The molecule has 0 unspecified atom stereocenters. The topological polar surface area (TPSA) is 168 Å². The van der Waals surface area contributed by atoms with Crippen molar-refractivity contribution < 1.29 is 49.1 Å². The van der Waals surface area contributed by atoms with Crippen molar-refractivity contribution in [1.29, 1.82) is 0 Å². The van der Waals surface area contributed by atoms with Crippen molar-refractivity contribution in [2.45, 2.75) is 38.5 Å². The van der Waals surface area contributed by atoms with E-state index in [9.17, 15) is 14.4 Å². The number of hydrogen-bond donors (Lipinski definition) is 4. The third-order valence-corrected chi connectivity index (χ3v) is 2.14.